The molecular formula is C12H14Cl2. The van der Waals surface area contributed by atoms with E-state index >= 15 is 0 Å². The molecule has 76 valence electrons. The van der Waals surface area contributed by atoms with E-state index in [2.05, 4.69) is 6.07 Å². The number of rotatable bonds is 4. The predicted octanol–water partition coefficient (Wildman–Crippen LogP) is 4.29. The molecule has 1 fully saturated rings. The molecule has 1 unspecified atom stereocenters. The monoisotopic (exact) mass is 228 g/mol. The molecule has 1 aliphatic rings. The summed E-state index contributed by atoms with van der Waals surface area (Å²) in [5, 5.41) is 1.19. The normalized spacial score (nSPS) is 18.1. The van der Waals surface area contributed by atoms with Crippen molar-refractivity contribution in [3.05, 3.63) is 34.9 Å². The van der Waals surface area contributed by atoms with Gasteiger partial charge in [0, 0.05) is 10.4 Å². The first-order valence-electron chi connectivity index (χ1n) is 5.14. The highest BCUT2D eigenvalue weighted by Gasteiger charge is 2.29. The molecule has 2 rings (SSSR count). The maximum Gasteiger partial charge on any atom is 0.0408 e. The van der Waals surface area contributed by atoms with Gasteiger partial charge in [-0.2, -0.15) is 0 Å². The Morgan fingerprint density at radius 3 is 2.79 bits per heavy atom. The third-order valence-electron chi connectivity index (χ3n) is 2.73. The molecule has 1 atom stereocenters. The summed E-state index contributed by atoms with van der Waals surface area (Å²) in [7, 11) is 0. The second kappa shape index (κ2) is 4.55. The van der Waals surface area contributed by atoms with E-state index in [0.717, 1.165) is 23.8 Å². The lowest BCUT2D eigenvalue weighted by atomic mass is 10.1. The van der Waals surface area contributed by atoms with Gasteiger partial charge in [-0.05, 0) is 49.3 Å². The highest BCUT2D eigenvalue weighted by molar-refractivity contribution is 6.30. The van der Waals surface area contributed by atoms with E-state index in [1.54, 1.807) is 0 Å². The van der Waals surface area contributed by atoms with Gasteiger partial charge in [0.2, 0.25) is 0 Å². The van der Waals surface area contributed by atoms with Crippen LogP contribution in [0.15, 0.2) is 24.3 Å². The summed E-state index contributed by atoms with van der Waals surface area (Å²) in [6.45, 7) is 0. The Bertz CT molecular complexity index is 305. The molecule has 0 bridgehead atoms. The zero-order chi connectivity index (χ0) is 9.97. The topological polar surface area (TPSA) is 0 Å². The molecule has 0 heterocycles. The van der Waals surface area contributed by atoms with Gasteiger partial charge in [-0.15, -0.1) is 11.6 Å². The fourth-order valence-electron chi connectivity index (χ4n) is 1.69. The zero-order valence-corrected chi connectivity index (χ0v) is 9.56. The first kappa shape index (κ1) is 10.3. The lowest BCUT2D eigenvalue weighted by Crippen LogP contribution is -2.02. The molecule has 0 N–H and O–H groups in total. The molecule has 1 aromatic rings. The van der Waals surface area contributed by atoms with Crippen LogP contribution in [0.1, 0.15) is 24.8 Å². The van der Waals surface area contributed by atoms with Crippen LogP contribution in [0.3, 0.4) is 0 Å². The third kappa shape index (κ3) is 2.90. The van der Waals surface area contributed by atoms with Crippen LogP contribution < -0.4 is 0 Å². The average molecular weight is 229 g/mol. The van der Waals surface area contributed by atoms with Crippen molar-refractivity contribution in [3.8, 4) is 0 Å². The fraction of sp³-hybridized carbons (Fsp3) is 0.500. The van der Waals surface area contributed by atoms with Crippen LogP contribution in [-0.4, -0.2) is 5.38 Å². The number of hydrogen-bond donors (Lipinski definition) is 0. The van der Waals surface area contributed by atoms with Crippen LogP contribution in [0.5, 0.6) is 0 Å². The molecule has 0 saturated heterocycles. The van der Waals surface area contributed by atoms with Gasteiger partial charge < -0.3 is 0 Å². The van der Waals surface area contributed by atoms with Crippen molar-refractivity contribution in [1.29, 1.82) is 0 Å². The molecule has 0 aliphatic heterocycles. The first-order valence-corrected chi connectivity index (χ1v) is 5.95. The number of aryl methyl sites for hydroxylation is 1. The second-order valence-electron chi connectivity index (χ2n) is 4.02. The van der Waals surface area contributed by atoms with E-state index in [1.165, 1.54) is 18.4 Å². The molecule has 0 amide bonds. The second-order valence-corrected chi connectivity index (χ2v) is 5.02. The van der Waals surface area contributed by atoms with Crippen LogP contribution in [0.25, 0.3) is 0 Å². The van der Waals surface area contributed by atoms with E-state index in [4.69, 9.17) is 23.2 Å². The maximum absolute atomic E-state index is 6.23. The Kier molecular flexibility index (Phi) is 3.35. The summed E-state index contributed by atoms with van der Waals surface area (Å²) >= 11 is 12.1. The highest BCUT2D eigenvalue weighted by atomic mass is 35.5. The van der Waals surface area contributed by atoms with Gasteiger partial charge in [-0.1, -0.05) is 23.7 Å². The largest absolute Gasteiger partial charge is 0.123 e. The Labute approximate surface area is 95.2 Å². The van der Waals surface area contributed by atoms with Gasteiger partial charge in [-0.3, -0.25) is 0 Å². The van der Waals surface area contributed by atoms with Crippen LogP contribution in [0, 0.1) is 5.92 Å². The summed E-state index contributed by atoms with van der Waals surface area (Å²) < 4.78 is 0. The summed E-state index contributed by atoms with van der Waals surface area (Å²) in [4.78, 5) is 0. The summed E-state index contributed by atoms with van der Waals surface area (Å²) in [6.07, 6.45) is 4.77. The molecule has 0 nitrogen and oxygen atoms in total. The van der Waals surface area contributed by atoms with Gasteiger partial charge in [0.05, 0.1) is 0 Å². The molecule has 0 aromatic heterocycles. The van der Waals surface area contributed by atoms with Crippen molar-refractivity contribution in [1.82, 2.24) is 0 Å². The Balaban J connectivity index is 1.84. The number of hydrogen-bond acceptors (Lipinski definition) is 0. The number of benzene rings is 1. The Morgan fingerprint density at radius 1 is 1.36 bits per heavy atom. The van der Waals surface area contributed by atoms with E-state index in [9.17, 15) is 0 Å². The van der Waals surface area contributed by atoms with Gasteiger partial charge in [0.25, 0.3) is 0 Å². The summed E-state index contributed by atoms with van der Waals surface area (Å²) in [6, 6.07) is 8.04. The number of alkyl halides is 1. The smallest absolute Gasteiger partial charge is 0.0408 e. The molecule has 1 aromatic carbocycles. The van der Waals surface area contributed by atoms with Gasteiger partial charge in [0.15, 0.2) is 0 Å². The molecule has 0 radical (unpaired) electrons. The van der Waals surface area contributed by atoms with Gasteiger partial charge >= 0.3 is 0 Å². The molecule has 14 heavy (non-hydrogen) atoms. The Morgan fingerprint density at radius 2 is 2.14 bits per heavy atom. The van der Waals surface area contributed by atoms with Crippen LogP contribution >= 0.6 is 23.2 Å². The minimum atomic E-state index is 0.369. The van der Waals surface area contributed by atoms with Gasteiger partial charge in [-0.25, -0.2) is 0 Å². The average Bonchev–Trinajstić information content (AvgIpc) is 2.97. The predicted molar refractivity (Wildman–Crippen MR) is 62.1 cm³/mol. The van der Waals surface area contributed by atoms with Crippen molar-refractivity contribution in [2.45, 2.75) is 31.1 Å². The van der Waals surface area contributed by atoms with E-state index in [1.807, 2.05) is 18.2 Å². The van der Waals surface area contributed by atoms with E-state index in [-0.39, 0.29) is 0 Å². The first-order chi connectivity index (χ1) is 6.75. The van der Waals surface area contributed by atoms with Crippen molar-refractivity contribution < 1.29 is 0 Å². The highest BCUT2D eigenvalue weighted by Crippen LogP contribution is 2.37. The lowest BCUT2D eigenvalue weighted by molar-refractivity contribution is 0.676. The SMILES string of the molecule is Clc1cccc(CCC(Cl)C2CC2)c1. The van der Waals surface area contributed by atoms with Crippen molar-refractivity contribution in [2.24, 2.45) is 5.92 Å². The minimum absolute atomic E-state index is 0.369. The van der Waals surface area contributed by atoms with Crippen LogP contribution in [0.4, 0.5) is 0 Å². The molecule has 2 heteroatoms. The van der Waals surface area contributed by atoms with Crippen molar-refractivity contribution in [2.75, 3.05) is 0 Å². The standard InChI is InChI=1S/C12H14Cl2/c13-11-3-1-2-9(8-11)4-7-12(14)10-5-6-10/h1-3,8,10,12H,4-7H2. The molecular weight excluding hydrogens is 215 g/mol. The van der Waals surface area contributed by atoms with Crippen LogP contribution in [0.2, 0.25) is 5.02 Å². The fourth-order valence-corrected chi connectivity index (χ4v) is 2.26. The zero-order valence-electron chi connectivity index (χ0n) is 8.05. The third-order valence-corrected chi connectivity index (χ3v) is 3.54. The van der Waals surface area contributed by atoms with Crippen LogP contribution in [-0.2, 0) is 6.42 Å². The van der Waals surface area contributed by atoms with E-state index in [0.29, 0.717) is 5.38 Å². The number of halogens is 2. The Hall–Kier alpha value is -0.200. The maximum atomic E-state index is 6.23. The molecule has 1 saturated carbocycles. The summed E-state index contributed by atoms with van der Waals surface area (Å²) in [5.41, 5.74) is 1.30. The van der Waals surface area contributed by atoms with Crippen molar-refractivity contribution >= 4 is 23.2 Å². The van der Waals surface area contributed by atoms with E-state index < -0.39 is 0 Å². The molecule has 0 spiro atoms. The quantitative estimate of drug-likeness (QED) is 0.675. The minimum Gasteiger partial charge on any atom is -0.123 e. The molecule has 1 aliphatic carbocycles. The lowest BCUT2D eigenvalue weighted by Gasteiger charge is -2.07. The summed E-state index contributed by atoms with van der Waals surface area (Å²) in [5.74, 6) is 0.788. The van der Waals surface area contributed by atoms with Crippen molar-refractivity contribution in [3.63, 3.8) is 0 Å². The van der Waals surface area contributed by atoms with Gasteiger partial charge in [0.1, 0.15) is 0 Å².